The van der Waals surface area contributed by atoms with Crippen LogP contribution in [0.4, 0.5) is 4.79 Å². The monoisotopic (exact) mass is 322 g/mol. The van der Waals surface area contributed by atoms with Gasteiger partial charge in [-0.3, -0.25) is 4.79 Å². The van der Waals surface area contributed by atoms with Crippen LogP contribution < -0.4 is 5.32 Å². The average molecular weight is 322 g/mol. The molecule has 1 aromatic heterocycles. The zero-order valence-electron chi connectivity index (χ0n) is 14.0. The van der Waals surface area contributed by atoms with Gasteiger partial charge in [0, 0.05) is 38.6 Å². The molecule has 1 saturated heterocycles. The fraction of sp³-hybridized carbons (Fsp3) is 0.688. The van der Waals surface area contributed by atoms with Crippen molar-refractivity contribution in [1.82, 2.24) is 19.8 Å². The van der Waals surface area contributed by atoms with E-state index < -0.39 is 11.9 Å². The topological polar surface area (TPSA) is 87.5 Å². The summed E-state index contributed by atoms with van der Waals surface area (Å²) < 4.78 is 2.06. The van der Waals surface area contributed by atoms with Crippen molar-refractivity contribution in [2.75, 3.05) is 19.6 Å². The molecule has 0 aromatic carbocycles. The lowest BCUT2D eigenvalue weighted by Gasteiger charge is -2.34. The molecule has 1 fully saturated rings. The van der Waals surface area contributed by atoms with Gasteiger partial charge in [-0.25, -0.2) is 9.78 Å². The number of urea groups is 1. The van der Waals surface area contributed by atoms with Crippen molar-refractivity contribution in [3.8, 4) is 0 Å². The van der Waals surface area contributed by atoms with Crippen LogP contribution in [0, 0.1) is 24.7 Å². The number of carboxylic acids is 1. The van der Waals surface area contributed by atoms with E-state index in [1.807, 2.05) is 20.0 Å². The van der Waals surface area contributed by atoms with E-state index in [9.17, 15) is 14.7 Å². The van der Waals surface area contributed by atoms with Crippen molar-refractivity contribution in [3.63, 3.8) is 0 Å². The van der Waals surface area contributed by atoms with Gasteiger partial charge in [0.1, 0.15) is 5.82 Å². The number of nitrogens with one attached hydrogen (secondary N) is 1. The molecule has 7 nitrogen and oxygen atoms in total. The number of likely N-dealkylation sites (tertiary alicyclic amines) is 1. The molecule has 2 N–H and O–H groups in total. The minimum Gasteiger partial charge on any atom is -0.481 e. The van der Waals surface area contributed by atoms with Crippen LogP contribution in [0.15, 0.2) is 12.4 Å². The summed E-state index contributed by atoms with van der Waals surface area (Å²) in [7, 11) is 0. The number of imidazole rings is 1. The van der Waals surface area contributed by atoms with Crippen LogP contribution in [-0.2, 0) is 11.3 Å². The van der Waals surface area contributed by atoms with Crippen molar-refractivity contribution in [1.29, 1.82) is 0 Å². The Kier molecular flexibility index (Phi) is 5.63. The molecule has 2 heterocycles. The van der Waals surface area contributed by atoms with E-state index >= 15 is 0 Å². The first-order valence-electron chi connectivity index (χ1n) is 8.10. The quantitative estimate of drug-likeness (QED) is 0.861. The van der Waals surface area contributed by atoms with Crippen LogP contribution in [0.2, 0.25) is 0 Å². The summed E-state index contributed by atoms with van der Waals surface area (Å²) >= 11 is 0. The van der Waals surface area contributed by atoms with E-state index in [1.165, 1.54) is 0 Å². The highest BCUT2D eigenvalue weighted by atomic mass is 16.4. The fourth-order valence-corrected chi connectivity index (χ4v) is 3.07. The third-order valence-corrected chi connectivity index (χ3v) is 4.33. The summed E-state index contributed by atoms with van der Waals surface area (Å²) in [5, 5.41) is 12.1. The predicted molar refractivity (Wildman–Crippen MR) is 86.0 cm³/mol. The SMILES string of the molecule is Cc1nccn1CC(C)CNC(=O)N1CC(C)CC(C(=O)O)C1. The standard InChI is InChI=1S/C16H26N4O3/c1-11-6-14(15(21)22)10-20(8-11)16(23)18-7-12(2)9-19-5-4-17-13(19)3/h4-5,11-12,14H,6-10H2,1-3H3,(H,18,23)(H,21,22). The van der Waals surface area contributed by atoms with E-state index in [0.29, 0.717) is 26.1 Å². The predicted octanol–water partition coefficient (Wildman–Crippen LogP) is 1.58. The summed E-state index contributed by atoms with van der Waals surface area (Å²) in [4.78, 5) is 29.3. The molecule has 0 bridgehead atoms. The zero-order chi connectivity index (χ0) is 17.0. The summed E-state index contributed by atoms with van der Waals surface area (Å²) in [6.45, 7) is 8.26. The maximum atomic E-state index is 12.3. The maximum absolute atomic E-state index is 12.3. The minimum absolute atomic E-state index is 0.169. The van der Waals surface area contributed by atoms with Gasteiger partial charge in [0.05, 0.1) is 5.92 Å². The summed E-state index contributed by atoms with van der Waals surface area (Å²) in [6.07, 6.45) is 4.33. The van der Waals surface area contributed by atoms with E-state index in [4.69, 9.17) is 0 Å². The van der Waals surface area contributed by atoms with Gasteiger partial charge in [0.2, 0.25) is 0 Å². The Morgan fingerprint density at radius 3 is 2.83 bits per heavy atom. The number of hydrogen-bond acceptors (Lipinski definition) is 3. The minimum atomic E-state index is -0.821. The first-order chi connectivity index (χ1) is 10.9. The lowest BCUT2D eigenvalue weighted by Crippen LogP contribution is -2.50. The molecule has 2 amide bonds. The lowest BCUT2D eigenvalue weighted by atomic mass is 9.91. The van der Waals surface area contributed by atoms with Crippen molar-refractivity contribution in [2.24, 2.45) is 17.8 Å². The number of rotatable bonds is 5. The van der Waals surface area contributed by atoms with E-state index in [0.717, 1.165) is 12.4 Å². The number of aliphatic carboxylic acids is 1. The van der Waals surface area contributed by atoms with Gasteiger partial charge in [0.15, 0.2) is 0 Å². The molecule has 3 atom stereocenters. The first-order valence-corrected chi connectivity index (χ1v) is 8.10. The Morgan fingerprint density at radius 1 is 1.48 bits per heavy atom. The van der Waals surface area contributed by atoms with E-state index in [-0.39, 0.29) is 17.9 Å². The second kappa shape index (κ2) is 7.48. The lowest BCUT2D eigenvalue weighted by molar-refractivity contribution is -0.143. The van der Waals surface area contributed by atoms with Crippen LogP contribution in [0.25, 0.3) is 0 Å². The number of nitrogens with zero attached hydrogens (tertiary/aromatic N) is 3. The molecular formula is C16H26N4O3. The highest BCUT2D eigenvalue weighted by Gasteiger charge is 2.31. The Hall–Kier alpha value is -2.05. The first kappa shape index (κ1) is 17.3. The van der Waals surface area contributed by atoms with Gasteiger partial charge in [-0.05, 0) is 25.2 Å². The highest BCUT2D eigenvalue weighted by molar-refractivity contribution is 5.76. The second-order valence-electron chi connectivity index (χ2n) is 6.70. The third kappa shape index (κ3) is 4.71. The van der Waals surface area contributed by atoms with Crippen LogP contribution >= 0.6 is 0 Å². The molecular weight excluding hydrogens is 296 g/mol. The number of hydrogen-bond donors (Lipinski definition) is 2. The molecule has 0 spiro atoms. The van der Waals surface area contributed by atoms with E-state index in [2.05, 4.69) is 21.8 Å². The molecule has 7 heteroatoms. The normalized spacial score (nSPS) is 22.7. The van der Waals surface area contributed by atoms with Crippen molar-refractivity contribution in [3.05, 3.63) is 18.2 Å². The Balaban J connectivity index is 1.81. The van der Waals surface area contributed by atoms with Crippen LogP contribution in [0.1, 0.15) is 26.1 Å². The Labute approximate surface area is 136 Å². The van der Waals surface area contributed by atoms with E-state index in [1.54, 1.807) is 11.1 Å². The molecule has 1 aromatic rings. The number of amides is 2. The fourth-order valence-electron chi connectivity index (χ4n) is 3.07. The molecule has 1 aliphatic heterocycles. The van der Waals surface area contributed by atoms with Gasteiger partial charge in [-0.1, -0.05) is 13.8 Å². The largest absolute Gasteiger partial charge is 0.481 e. The summed E-state index contributed by atoms with van der Waals surface area (Å²) in [5.74, 6) is 0.150. The smallest absolute Gasteiger partial charge is 0.317 e. The van der Waals surface area contributed by atoms with Crippen LogP contribution in [0.3, 0.4) is 0 Å². The highest BCUT2D eigenvalue weighted by Crippen LogP contribution is 2.21. The van der Waals surface area contributed by atoms with Crippen molar-refractivity contribution < 1.29 is 14.7 Å². The van der Waals surface area contributed by atoms with Crippen molar-refractivity contribution in [2.45, 2.75) is 33.7 Å². The van der Waals surface area contributed by atoms with Gasteiger partial charge in [-0.2, -0.15) is 0 Å². The molecule has 3 unspecified atom stereocenters. The molecule has 1 aliphatic rings. The number of aryl methyl sites for hydroxylation is 1. The summed E-state index contributed by atoms with van der Waals surface area (Å²) in [6, 6.07) is -0.169. The zero-order valence-corrected chi connectivity index (χ0v) is 14.0. The molecule has 0 radical (unpaired) electrons. The van der Waals surface area contributed by atoms with Crippen LogP contribution in [-0.4, -0.2) is 51.2 Å². The maximum Gasteiger partial charge on any atom is 0.317 e. The van der Waals surface area contributed by atoms with Crippen LogP contribution in [0.5, 0.6) is 0 Å². The van der Waals surface area contributed by atoms with Gasteiger partial charge < -0.3 is 19.9 Å². The van der Waals surface area contributed by atoms with Gasteiger partial charge in [0.25, 0.3) is 0 Å². The van der Waals surface area contributed by atoms with Crippen molar-refractivity contribution >= 4 is 12.0 Å². The Bertz CT molecular complexity index is 557. The van der Waals surface area contributed by atoms with Gasteiger partial charge in [-0.15, -0.1) is 0 Å². The molecule has 0 aliphatic carbocycles. The molecule has 2 rings (SSSR count). The number of piperidine rings is 1. The molecule has 0 saturated carbocycles. The van der Waals surface area contributed by atoms with Gasteiger partial charge >= 0.3 is 12.0 Å². The second-order valence-corrected chi connectivity index (χ2v) is 6.70. The number of carbonyl (C=O) groups excluding carboxylic acids is 1. The third-order valence-electron chi connectivity index (χ3n) is 4.33. The number of carbonyl (C=O) groups is 2. The Morgan fingerprint density at radius 2 is 2.22 bits per heavy atom. The number of aromatic nitrogens is 2. The summed E-state index contributed by atoms with van der Waals surface area (Å²) in [5.41, 5.74) is 0. The molecule has 128 valence electrons. The molecule has 23 heavy (non-hydrogen) atoms. The average Bonchev–Trinajstić information content (AvgIpc) is 2.89. The number of carboxylic acid groups (broad SMARTS) is 1.